The second-order valence-electron chi connectivity index (χ2n) is 11.2. The van der Waals surface area contributed by atoms with Gasteiger partial charge in [0.15, 0.2) is 6.29 Å². The van der Waals surface area contributed by atoms with Gasteiger partial charge in [0.25, 0.3) is 0 Å². The molecule has 0 radical (unpaired) electrons. The Balaban J connectivity index is 1.70. The summed E-state index contributed by atoms with van der Waals surface area (Å²) in [5, 5.41) is 18.6. The molecule has 0 bridgehead atoms. The number of aliphatic hydroxyl groups excluding tert-OH is 1. The summed E-state index contributed by atoms with van der Waals surface area (Å²) in [5.41, 5.74) is 0.502. The largest absolute Gasteiger partial charge is 0.368 e. The van der Waals surface area contributed by atoms with Gasteiger partial charge in [0, 0.05) is 0 Å². The fourth-order valence-corrected chi connectivity index (χ4v) is 7.88. The van der Waals surface area contributed by atoms with Crippen molar-refractivity contribution < 1.29 is 10.2 Å². The fourth-order valence-electron chi connectivity index (χ4n) is 7.88. The molecule has 4 unspecified atom stereocenters. The number of rotatable bonds is 4. The molecule has 3 rings (SSSR count). The summed E-state index contributed by atoms with van der Waals surface area (Å²) in [6.45, 7) is 9.96. The van der Waals surface area contributed by atoms with Crippen molar-refractivity contribution in [3.8, 4) is 0 Å². The van der Waals surface area contributed by atoms with E-state index in [0.717, 1.165) is 41.9 Å². The summed E-state index contributed by atoms with van der Waals surface area (Å²) in [6.07, 6.45) is 14.8. The molecule has 0 heterocycles. The van der Waals surface area contributed by atoms with Crippen LogP contribution in [-0.2, 0) is 0 Å². The van der Waals surface area contributed by atoms with Gasteiger partial charge in [0.2, 0.25) is 0 Å². The highest BCUT2D eigenvalue weighted by Gasteiger charge is 2.54. The Morgan fingerprint density at radius 1 is 0.889 bits per heavy atom. The molecule has 27 heavy (non-hydrogen) atoms. The fraction of sp³-hybridized carbons (Fsp3) is 1.00. The average molecular weight is 379 g/mol. The van der Waals surface area contributed by atoms with Crippen LogP contribution in [0.2, 0.25) is 0 Å². The lowest BCUT2D eigenvalue weighted by Gasteiger charge is -2.51. The van der Waals surface area contributed by atoms with E-state index in [4.69, 9.17) is 0 Å². The Morgan fingerprint density at radius 3 is 2.37 bits per heavy atom. The van der Waals surface area contributed by atoms with Gasteiger partial charge in [-0.05, 0) is 98.2 Å². The Hall–Kier alpha value is -0.0800. The van der Waals surface area contributed by atoms with Gasteiger partial charge in [0.1, 0.15) is 0 Å². The molecule has 2 N–H and O–H groups in total. The monoisotopic (exact) mass is 378 g/mol. The van der Waals surface area contributed by atoms with Gasteiger partial charge in [-0.3, -0.25) is 0 Å². The predicted octanol–water partition coefficient (Wildman–Crippen LogP) is 6.40. The first-order chi connectivity index (χ1) is 12.8. The second kappa shape index (κ2) is 9.16. The van der Waals surface area contributed by atoms with Gasteiger partial charge in [0.05, 0.1) is 0 Å². The third-order valence-electron chi connectivity index (χ3n) is 9.30. The number of fused-ring (bicyclic) bond motifs is 3. The van der Waals surface area contributed by atoms with Crippen molar-refractivity contribution in [1.82, 2.24) is 0 Å². The molecule has 3 saturated carbocycles. The Labute approximate surface area is 168 Å². The van der Waals surface area contributed by atoms with Crippen LogP contribution in [0.3, 0.4) is 0 Å². The van der Waals surface area contributed by atoms with Crippen LogP contribution in [0.1, 0.15) is 105 Å². The first-order valence-corrected chi connectivity index (χ1v) is 12.2. The molecule has 2 heteroatoms. The second-order valence-corrected chi connectivity index (χ2v) is 11.2. The first-order valence-electron chi connectivity index (χ1n) is 12.2. The SMILES string of the molecule is CC(CCC(O)O)[C@H]1CCC2C3CC[C@H](C)C[C@@H](C)CCCC3CC[C@@]21C. The molecule has 0 saturated heterocycles. The molecular formula is C25H46O2. The van der Waals surface area contributed by atoms with Gasteiger partial charge < -0.3 is 10.2 Å². The predicted molar refractivity (Wildman–Crippen MR) is 113 cm³/mol. The average Bonchev–Trinajstić information content (AvgIpc) is 2.95. The van der Waals surface area contributed by atoms with Crippen LogP contribution in [0.4, 0.5) is 0 Å². The topological polar surface area (TPSA) is 40.5 Å². The van der Waals surface area contributed by atoms with E-state index in [1.54, 1.807) is 0 Å². The molecule has 0 aromatic rings. The zero-order valence-electron chi connectivity index (χ0n) is 18.5. The van der Waals surface area contributed by atoms with Crippen LogP contribution in [0.5, 0.6) is 0 Å². The van der Waals surface area contributed by atoms with Gasteiger partial charge >= 0.3 is 0 Å². The van der Waals surface area contributed by atoms with Crippen molar-refractivity contribution in [2.24, 2.45) is 46.8 Å². The maximum Gasteiger partial charge on any atom is 0.151 e. The summed E-state index contributed by atoms with van der Waals surface area (Å²) in [5.74, 6) is 6.09. The van der Waals surface area contributed by atoms with E-state index in [1.807, 2.05) is 0 Å². The maximum absolute atomic E-state index is 9.30. The molecule has 3 fully saturated rings. The van der Waals surface area contributed by atoms with E-state index in [1.165, 1.54) is 64.2 Å². The summed E-state index contributed by atoms with van der Waals surface area (Å²) in [4.78, 5) is 0. The van der Waals surface area contributed by atoms with E-state index in [-0.39, 0.29) is 0 Å². The van der Waals surface area contributed by atoms with Crippen molar-refractivity contribution >= 4 is 0 Å². The first kappa shape index (κ1) is 21.6. The van der Waals surface area contributed by atoms with Crippen molar-refractivity contribution in [2.75, 3.05) is 0 Å². The van der Waals surface area contributed by atoms with Gasteiger partial charge in [-0.25, -0.2) is 0 Å². The van der Waals surface area contributed by atoms with E-state index < -0.39 is 6.29 Å². The van der Waals surface area contributed by atoms with E-state index in [9.17, 15) is 10.2 Å². The zero-order chi connectivity index (χ0) is 19.6. The standard InChI is InChI=1S/C25H46O2/c1-17-6-5-7-20-14-15-25(4)22(19(3)9-13-24(26)27)11-12-23(25)21(20)10-8-18(2)16-17/h17-24,26-27H,5-16H2,1-4H3/t17-,18-,19?,20?,21?,22+,23?,25+/m0/s1. The maximum atomic E-state index is 9.30. The van der Waals surface area contributed by atoms with Crippen LogP contribution < -0.4 is 0 Å². The summed E-state index contributed by atoms with van der Waals surface area (Å²) in [7, 11) is 0. The molecule has 8 atom stereocenters. The molecule has 2 nitrogen and oxygen atoms in total. The summed E-state index contributed by atoms with van der Waals surface area (Å²) in [6, 6.07) is 0. The third-order valence-corrected chi connectivity index (χ3v) is 9.30. The van der Waals surface area contributed by atoms with Crippen molar-refractivity contribution in [3.63, 3.8) is 0 Å². The lowest BCUT2D eigenvalue weighted by molar-refractivity contribution is -0.0554. The normalized spacial score (nSPS) is 44.6. The van der Waals surface area contributed by atoms with Crippen LogP contribution in [0.25, 0.3) is 0 Å². The molecule has 0 aromatic carbocycles. The molecule has 0 amide bonds. The molecular weight excluding hydrogens is 332 g/mol. The lowest BCUT2D eigenvalue weighted by Crippen LogP contribution is -2.43. The van der Waals surface area contributed by atoms with Crippen molar-refractivity contribution in [3.05, 3.63) is 0 Å². The van der Waals surface area contributed by atoms with E-state index in [0.29, 0.717) is 17.8 Å². The molecule has 0 aromatic heterocycles. The molecule has 3 aliphatic carbocycles. The minimum absolute atomic E-state index is 0.502. The summed E-state index contributed by atoms with van der Waals surface area (Å²) >= 11 is 0. The highest BCUT2D eigenvalue weighted by molar-refractivity contribution is 5.03. The number of hydrogen-bond donors (Lipinski definition) is 2. The minimum Gasteiger partial charge on any atom is -0.368 e. The van der Waals surface area contributed by atoms with Gasteiger partial charge in [-0.1, -0.05) is 53.4 Å². The van der Waals surface area contributed by atoms with Gasteiger partial charge in [-0.15, -0.1) is 0 Å². The van der Waals surface area contributed by atoms with Crippen molar-refractivity contribution in [2.45, 2.75) is 111 Å². The third kappa shape index (κ3) is 4.92. The quantitative estimate of drug-likeness (QED) is 0.556. The highest BCUT2D eigenvalue weighted by atomic mass is 16.5. The number of hydrogen-bond acceptors (Lipinski definition) is 2. The molecule has 0 spiro atoms. The van der Waals surface area contributed by atoms with E-state index in [2.05, 4.69) is 27.7 Å². The minimum atomic E-state index is -1.13. The van der Waals surface area contributed by atoms with Crippen LogP contribution in [0, 0.1) is 46.8 Å². The Morgan fingerprint density at radius 2 is 1.63 bits per heavy atom. The van der Waals surface area contributed by atoms with Crippen LogP contribution in [0.15, 0.2) is 0 Å². The van der Waals surface area contributed by atoms with Gasteiger partial charge in [-0.2, -0.15) is 0 Å². The Kier molecular flexibility index (Phi) is 7.34. The van der Waals surface area contributed by atoms with Crippen molar-refractivity contribution in [1.29, 1.82) is 0 Å². The number of aliphatic hydroxyl groups is 2. The molecule has 0 aliphatic heterocycles. The van der Waals surface area contributed by atoms with E-state index >= 15 is 0 Å². The van der Waals surface area contributed by atoms with Crippen LogP contribution >= 0.6 is 0 Å². The Bertz CT molecular complexity index is 461. The van der Waals surface area contributed by atoms with Crippen LogP contribution in [-0.4, -0.2) is 16.5 Å². The molecule has 158 valence electrons. The lowest BCUT2D eigenvalue weighted by atomic mass is 9.54. The molecule has 3 aliphatic rings. The zero-order valence-corrected chi connectivity index (χ0v) is 18.5. The summed E-state index contributed by atoms with van der Waals surface area (Å²) < 4.78 is 0. The smallest absolute Gasteiger partial charge is 0.151 e. The highest BCUT2D eigenvalue weighted by Crippen LogP contribution is 2.62.